The van der Waals surface area contributed by atoms with Gasteiger partial charge in [-0.25, -0.2) is 9.78 Å². The van der Waals surface area contributed by atoms with Crippen LogP contribution < -0.4 is 10.1 Å². The predicted molar refractivity (Wildman–Crippen MR) is 122 cm³/mol. The summed E-state index contributed by atoms with van der Waals surface area (Å²) in [6.07, 6.45) is 2.61. The van der Waals surface area contributed by atoms with Crippen LogP contribution in [-0.2, 0) is 9.47 Å². The van der Waals surface area contributed by atoms with Gasteiger partial charge in [-0.15, -0.1) is 0 Å². The molecule has 2 unspecified atom stereocenters. The molecule has 178 valence electrons. The Bertz CT molecular complexity index is 1140. The van der Waals surface area contributed by atoms with E-state index in [9.17, 15) is 4.79 Å². The number of carbonyl (C=O) groups excluding carboxylic acids is 1. The highest BCUT2D eigenvalue weighted by Crippen LogP contribution is 2.40. The normalized spacial score (nSPS) is 24.6. The number of benzene rings is 1. The number of fused-ring (bicyclic) bond motifs is 2. The number of ether oxygens (including phenoxy) is 3. The standard InChI is InChI=1S/C24H24ClFN4O4/c1-24(5-6-24)34-23(31)30-10-15-12-32-13-16(11-30)21(15)33-19-4-7-28-22(20(19)26)29-18-3-2-14(9-27)8-17(18)25/h2-4,7-8,15-16,21H,5-6,10-13H2,1H3,(H,28,29). The molecule has 1 aromatic carbocycles. The monoisotopic (exact) mass is 486 g/mol. The summed E-state index contributed by atoms with van der Waals surface area (Å²) in [4.78, 5) is 18.4. The van der Waals surface area contributed by atoms with Gasteiger partial charge in [0.15, 0.2) is 11.6 Å². The molecule has 2 aromatic rings. The summed E-state index contributed by atoms with van der Waals surface area (Å²) in [6.45, 7) is 3.62. The number of nitrogens with zero attached hydrogens (tertiary/aromatic N) is 3. The van der Waals surface area contributed by atoms with E-state index in [0.717, 1.165) is 12.8 Å². The minimum Gasteiger partial charge on any atom is -0.486 e. The molecular formula is C24H24ClFN4O4. The minimum atomic E-state index is -0.648. The van der Waals surface area contributed by atoms with Gasteiger partial charge >= 0.3 is 6.09 Å². The minimum absolute atomic E-state index is 0.0378. The van der Waals surface area contributed by atoms with Crippen LogP contribution in [0.1, 0.15) is 25.3 Å². The number of rotatable bonds is 5. The Labute approximate surface area is 201 Å². The van der Waals surface area contributed by atoms with Crippen LogP contribution in [0, 0.1) is 29.0 Å². The topological polar surface area (TPSA) is 96.7 Å². The van der Waals surface area contributed by atoms with Crippen LogP contribution in [0.4, 0.5) is 20.7 Å². The van der Waals surface area contributed by atoms with Crippen LogP contribution in [-0.4, -0.2) is 54.0 Å². The third-order valence-electron chi connectivity index (χ3n) is 6.52. The molecule has 0 radical (unpaired) electrons. The molecule has 2 atom stereocenters. The summed E-state index contributed by atoms with van der Waals surface area (Å²) in [5.74, 6) is -0.840. The number of hydrogen-bond acceptors (Lipinski definition) is 7. The lowest BCUT2D eigenvalue weighted by Crippen LogP contribution is -2.59. The molecule has 1 amide bonds. The van der Waals surface area contributed by atoms with Gasteiger partial charge in [-0.05, 0) is 38.0 Å². The number of carbonyl (C=O) groups is 1. The van der Waals surface area contributed by atoms with Gasteiger partial charge in [0.2, 0.25) is 5.82 Å². The Morgan fingerprint density at radius 2 is 2.06 bits per heavy atom. The second kappa shape index (κ2) is 8.93. The fourth-order valence-corrected chi connectivity index (χ4v) is 4.59. The highest BCUT2D eigenvalue weighted by atomic mass is 35.5. The van der Waals surface area contributed by atoms with Crippen LogP contribution in [0.5, 0.6) is 5.75 Å². The first-order valence-corrected chi connectivity index (χ1v) is 11.6. The number of halogens is 2. The molecule has 5 rings (SSSR count). The molecule has 1 aliphatic carbocycles. The summed E-state index contributed by atoms with van der Waals surface area (Å²) in [5.41, 5.74) is 0.485. The van der Waals surface area contributed by atoms with Crippen molar-refractivity contribution < 1.29 is 23.4 Å². The molecule has 2 saturated heterocycles. The summed E-state index contributed by atoms with van der Waals surface area (Å²) in [5, 5.41) is 12.1. The van der Waals surface area contributed by atoms with Gasteiger partial charge in [-0.2, -0.15) is 9.65 Å². The van der Waals surface area contributed by atoms with E-state index in [1.54, 1.807) is 17.0 Å². The van der Waals surface area contributed by atoms with Crippen molar-refractivity contribution >= 4 is 29.2 Å². The van der Waals surface area contributed by atoms with Crippen LogP contribution in [0.15, 0.2) is 30.5 Å². The van der Waals surface area contributed by atoms with E-state index in [1.165, 1.54) is 18.3 Å². The van der Waals surface area contributed by atoms with Crippen molar-refractivity contribution in [1.82, 2.24) is 9.88 Å². The highest BCUT2D eigenvalue weighted by Gasteiger charge is 2.47. The number of nitrogens with one attached hydrogen (secondary N) is 1. The zero-order valence-electron chi connectivity index (χ0n) is 18.6. The van der Waals surface area contributed by atoms with Crippen molar-refractivity contribution in [2.75, 3.05) is 31.6 Å². The number of amides is 1. The third kappa shape index (κ3) is 4.61. The van der Waals surface area contributed by atoms with Crippen LogP contribution in [0.2, 0.25) is 5.02 Å². The van der Waals surface area contributed by atoms with Crippen molar-refractivity contribution in [2.45, 2.75) is 31.5 Å². The van der Waals surface area contributed by atoms with E-state index >= 15 is 4.39 Å². The number of likely N-dealkylation sites (tertiary alicyclic amines) is 1. The maximum atomic E-state index is 15.3. The molecule has 3 aliphatic rings. The van der Waals surface area contributed by atoms with E-state index in [-0.39, 0.29) is 46.2 Å². The second-order valence-electron chi connectivity index (χ2n) is 9.27. The molecule has 2 bridgehead atoms. The number of aromatic nitrogens is 1. The largest absolute Gasteiger partial charge is 0.486 e. The van der Waals surface area contributed by atoms with Crippen LogP contribution in [0.25, 0.3) is 0 Å². The second-order valence-corrected chi connectivity index (χ2v) is 9.67. The maximum absolute atomic E-state index is 15.3. The molecule has 3 fully saturated rings. The Balaban J connectivity index is 1.30. The first-order chi connectivity index (χ1) is 16.3. The number of hydrogen-bond donors (Lipinski definition) is 1. The zero-order chi connectivity index (χ0) is 23.9. The van der Waals surface area contributed by atoms with Crippen molar-refractivity contribution in [3.63, 3.8) is 0 Å². The molecule has 1 N–H and O–H groups in total. The van der Waals surface area contributed by atoms with Gasteiger partial charge in [-0.3, -0.25) is 0 Å². The fourth-order valence-electron chi connectivity index (χ4n) is 4.36. The summed E-state index contributed by atoms with van der Waals surface area (Å²) >= 11 is 6.20. The van der Waals surface area contributed by atoms with Gasteiger partial charge < -0.3 is 24.4 Å². The average Bonchev–Trinajstić information content (AvgIpc) is 3.53. The smallest absolute Gasteiger partial charge is 0.410 e. The lowest BCUT2D eigenvalue weighted by Gasteiger charge is -2.46. The van der Waals surface area contributed by atoms with Crippen molar-refractivity contribution in [1.29, 1.82) is 5.26 Å². The molecule has 0 spiro atoms. The average molecular weight is 487 g/mol. The van der Waals surface area contributed by atoms with Crippen LogP contribution in [0.3, 0.4) is 0 Å². The quantitative estimate of drug-likeness (QED) is 0.664. The molecule has 10 heteroatoms. The molecule has 1 aromatic heterocycles. The van der Waals surface area contributed by atoms with Crippen molar-refractivity contribution in [2.24, 2.45) is 11.8 Å². The van der Waals surface area contributed by atoms with Gasteiger partial charge in [0.25, 0.3) is 0 Å². The number of nitriles is 1. The zero-order valence-corrected chi connectivity index (χ0v) is 19.3. The van der Waals surface area contributed by atoms with E-state index in [4.69, 9.17) is 31.1 Å². The lowest BCUT2D eigenvalue weighted by molar-refractivity contribution is -0.111. The van der Waals surface area contributed by atoms with E-state index < -0.39 is 5.82 Å². The van der Waals surface area contributed by atoms with E-state index in [2.05, 4.69) is 10.3 Å². The van der Waals surface area contributed by atoms with E-state index in [1.807, 2.05) is 13.0 Å². The summed E-state index contributed by atoms with van der Waals surface area (Å²) in [6, 6.07) is 8.14. The first kappa shape index (κ1) is 22.7. The van der Waals surface area contributed by atoms with Gasteiger partial charge in [-0.1, -0.05) is 11.6 Å². The Morgan fingerprint density at radius 1 is 1.32 bits per heavy atom. The Hall–Kier alpha value is -3.09. The summed E-state index contributed by atoms with van der Waals surface area (Å²) in [7, 11) is 0. The number of piperidine rings is 1. The fraction of sp³-hybridized carbons (Fsp3) is 0.458. The first-order valence-electron chi connectivity index (χ1n) is 11.2. The molecule has 1 saturated carbocycles. The molecule has 3 heterocycles. The van der Waals surface area contributed by atoms with Gasteiger partial charge in [0.1, 0.15) is 11.7 Å². The molecule has 2 aliphatic heterocycles. The Morgan fingerprint density at radius 3 is 2.71 bits per heavy atom. The van der Waals surface area contributed by atoms with Gasteiger partial charge in [0, 0.05) is 37.2 Å². The molecular weight excluding hydrogens is 463 g/mol. The van der Waals surface area contributed by atoms with Crippen molar-refractivity contribution in [3.8, 4) is 11.8 Å². The Kier molecular flexibility index (Phi) is 5.96. The molecule has 8 nitrogen and oxygen atoms in total. The summed E-state index contributed by atoms with van der Waals surface area (Å²) < 4.78 is 32.8. The van der Waals surface area contributed by atoms with Crippen LogP contribution >= 0.6 is 11.6 Å². The SMILES string of the molecule is CC1(OC(=O)N2CC3COCC(C2)C3Oc2ccnc(Nc3ccc(C#N)cc3Cl)c2F)CC1. The van der Waals surface area contributed by atoms with Crippen molar-refractivity contribution in [3.05, 3.63) is 46.9 Å². The predicted octanol–water partition coefficient (Wildman–Crippen LogP) is 4.50. The number of pyridine rings is 1. The number of anilines is 2. The maximum Gasteiger partial charge on any atom is 0.410 e. The third-order valence-corrected chi connectivity index (χ3v) is 6.83. The lowest BCUT2D eigenvalue weighted by atomic mass is 9.84. The van der Waals surface area contributed by atoms with E-state index in [0.29, 0.717) is 37.6 Å². The molecule has 34 heavy (non-hydrogen) atoms. The highest BCUT2D eigenvalue weighted by molar-refractivity contribution is 6.33. The van der Waals surface area contributed by atoms with Gasteiger partial charge in [0.05, 0.1) is 35.6 Å².